The highest BCUT2D eigenvalue weighted by Gasteiger charge is 2.34. The van der Waals surface area contributed by atoms with Gasteiger partial charge in [0.05, 0.1) is 5.57 Å². The molecule has 0 saturated heterocycles. The molecule has 0 spiro atoms. The molecule has 0 saturated carbocycles. The third-order valence-electron chi connectivity index (χ3n) is 1.46. The average Bonchev–Trinajstić information content (AvgIpc) is 1.81. The van der Waals surface area contributed by atoms with E-state index in [9.17, 15) is 4.79 Å². The number of cyclic esters (lactones) is 1. The number of carbonyl (C=O) groups excluding carboxylic acids is 1. The van der Waals surface area contributed by atoms with Crippen molar-refractivity contribution < 1.29 is 19.4 Å². The molecule has 1 atom stereocenters. The first-order valence-electron chi connectivity index (χ1n) is 3.24. The van der Waals surface area contributed by atoms with Crippen LogP contribution in [0.5, 0.6) is 0 Å². The zero-order valence-corrected chi connectivity index (χ0v) is 6.67. The third kappa shape index (κ3) is 1.51. The second kappa shape index (κ2) is 2.23. The third-order valence-corrected chi connectivity index (χ3v) is 1.46. The van der Waals surface area contributed by atoms with Crippen molar-refractivity contribution >= 4 is 5.97 Å². The molecule has 0 aromatic heterocycles. The highest BCUT2D eigenvalue weighted by molar-refractivity contribution is 5.88. The summed E-state index contributed by atoms with van der Waals surface area (Å²) < 4.78 is 9.34. The van der Waals surface area contributed by atoms with E-state index >= 15 is 0 Å². The number of rotatable bonds is 0. The SMILES string of the molecule is CC1=C(C)C(=O)OC(C)(O)O1. The standard InChI is InChI=1S/C7H10O4/c1-4-5(2)10-7(3,9)11-6(4)8/h9H,1-3H3. The van der Waals surface area contributed by atoms with Gasteiger partial charge in [0.1, 0.15) is 5.76 Å². The van der Waals surface area contributed by atoms with E-state index in [1.54, 1.807) is 13.8 Å². The maximum Gasteiger partial charge on any atom is 0.368 e. The molecule has 1 N–H and O–H groups in total. The van der Waals surface area contributed by atoms with E-state index in [1.165, 1.54) is 6.92 Å². The van der Waals surface area contributed by atoms with E-state index in [0.717, 1.165) is 0 Å². The van der Waals surface area contributed by atoms with Crippen molar-refractivity contribution in [3.8, 4) is 0 Å². The summed E-state index contributed by atoms with van der Waals surface area (Å²) in [4.78, 5) is 10.9. The average molecular weight is 158 g/mol. The number of allylic oxidation sites excluding steroid dienone is 1. The van der Waals surface area contributed by atoms with Crippen molar-refractivity contribution in [3.05, 3.63) is 11.3 Å². The lowest BCUT2D eigenvalue weighted by Gasteiger charge is -2.29. The van der Waals surface area contributed by atoms with Gasteiger partial charge in [-0.2, -0.15) is 0 Å². The van der Waals surface area contributed by atoms with E-state index in [1.807, 2.05) is 0 Å². The topological polar surface area (TPSA) is 55.8 Å². The Hall–Kier alpha value is -1.03. The Balaban J connectivity index is 2.94. The first kappa shape index (κ1) is 8.07. The quantitative estimate of drug-likeness (QED) is 0.522. The van der Waals surface area contributed by atoms with Crippen LogP contribution in [0.4, 0.5) is 0 Å². The Morgan fingerprint density at radius 1 is 1.36 bits per heavy atom. The predicted molar refractivity (Wildman–Crippen MR) is 36.2 cm³/mol. The number of aliphatic hydroxyl groups is 1. The molecule has 1 unspecified atom stereocenters. The normalized spacial score (nSPS) is 31.5. The van der Waals surface area contributed by atoms with Crippen LogP contribution < -0.4 is 0 Å². The number of hydrogen-bond donors (Lipinski definition) is 1. The summed E-state index contributed by atoms with van der Waals surface area (Å²) in [5.41, 5.74) is 0.386. The lowest BCUT2D eigenvalue weighted by atomic mass is 10.2. The molecular weight excluding hydrogens is 148 g/mol. The van der Waals surface area contributed by atoms with Crippen LogP contribution in [0.15, 0.2) is 11.3 Å². The minimum atomic E-state index is -1.80. The molecule has 11 heavy (non-hydrogen) atoms. The zero-order chi connectivity index (χ0) is 8.65. The monoisotopic (exact) mass is 158 g/mol. The van der Waals surface area contributed by atoms with E-state index in [2.05, 4.69) is 4.74 Å². The molecule has 0 fully saturated rings. The molecule has 4 heteroatoms. The lowest BCUT2D eigenvalue weighted by Crippen LogP contribution is -2.38. The van der Waals surface area contributed by atoms with Crippen LogP contribution in [0, 0.1) is 0 Å². The van der Waals surface area contributed by atoms with Crippen molar-refractivity contribution in [2.45, 2.75) is 26.7 Å². The van der Waals surface area contributed by atoms with Crippen molar-refractivity contribution in [2.24, 2.45) is 0 Å². The molecule has 0 aliphatic carbocycles. The number of esters is 1. The molecule has 1 heterocycles. The van der Waals surface area contributed by atoms with E-state index in [4.69, 9.17) is 9.84 Å². The molecule has 1 rings (SSSR count). The maximum absolute atomic E-state index is 10.9. The molecule has 4 nitrogen and oxygen atoms in total. The second-order valence-corrected chi connectivity index (χ2v) is 2.57. The predicted octanol–water partition coefficient (Wildman–Crippen LogP) is 0.520. The highest BCUT2D eigenvalue weighted by Crippen LogP contribution is 2.23. The van der Waals surface area contributed by atoms with Crippen molar-refractivity contribution in [1.82, 2.24) is 0 Å². The molecule has 1 aliphatic heterocycles. The highest BCUT2D eigenvalue weighted by atomic mass is 16.8. The fourth-order valence-electron chi connectivity index (χ4n) is 0.774. The van der Waals surface area contributed by atoms with Gasteiger partial charge in [0, 0.05) is 6.92 Å². The van der Waals surface area contributed by atoms with Gasteiger partial charge >= 0.3 is 11.9 Å². The summed E-state index contributed by atoms with van der Waals surface area (Å²) in [6.45, 7) is 4.44. The van der Waals surface area contributed by atoms with Crippen LogP contribution in [-0.2, 0) is 14.3 Å². The van der Waals surface area contributed by atoms with Gasteiger partial charge in [-0.3, -0.25) is 0 Å². The second-order valence-electron chi connectivity index (χ2n) is 2.57. The molecule has 0 bridgehead atoms. The maximum atomic E-state index is 10.9. The molecule has 0 aromatic carbocycles. The largest absolute Gasteiger partial charge is 0.434 e. The van der Waals surface area contributed by atoms with Crippen LogP contribution in [-0.4, -0.2) is 17.0 Å². The van der Waals surface area contributed by atoms with Crippen LogP contribution in [0.25, 0.3) is 0 Å². The summed E-state index contributed by atoms with van der Waals surface area (Å²) in [6.07, 6.45) is 0. The minimum Gasteiger partial charge on any atom is -0.434 e. The summed E-state index contributed by atoms with van der Waals surface area (Å²) in [5.74, 6) is -1.95. The molecule has 0 amide bonds. The smallest absolute Gasteiger partial charge is 0.368 e. The van der Waals surface area contributed by atoms with Crippen molar-refractivity contribution in [2.75, 3.05) is 0 Å². The Morgan fingerprint density at radius 2 is 1.91 bits per heavy atom. The van der Waals surface area contributed by atoms with Gasteiger partial charge in [-0.1, -0.05) is 0 Å². The fourth-order valence-corrected chi connectivity index (χ4v) is 0.774. The Bertz CT molecular complexity index is 227. The van der Waals surface area contributed by atoms with Gasteiger partial charge in [-0.15, -0.1) is 0 Å². The Morgan fingerprint density at radius 3 is 2.36 bits per heavy atom. The summed E-state index contributed by atoms with van der Waals surface area (Å²) in [6, 6.07) is 0. The first-order chi connectivity index (χ1) is 4.92. The number of ether oxygens (including phenoxy) is 2. The molecule has 62 valence electrons. The molecule has 0 aromatic rings. The van der Waals surface area contributed by atoms with Gasteiger partial charge in [-0.05, 0) is 13.8 Å². The zero-order valence-electron chi connectivity index (χ0n) is 6.67. The fraction of sp³-hybridized carbons (Fsp3) is 0.571. The van der Waals surface area contributed by atoms with Crippen LogP contribution in [0.3, 0.4) is 0 Å². The van der Waals surface area contributed by atoms with Gasteiger partial charge in [0.2, 0.25) is 0 Å². The van der Waals surface area contributed by atoms with Crippen LogP contribution in [0.1, 0.15) is 20.8 Å². The van der Waals surface area contributed by atoms with Crippen molar-refractivity contribution in [3.63, 3.8) is 0 Å². The minimum absolute atomic E-state index is 0.386. The van der Waals surface area contributed by atoms with Crippen LogP contribution in [0.2, 0.25) is 0 Å². The summed E-state index contributed by atoms with van der Waals surface area (Å²) in [5, 5.41) is 9.13. The van der Waals surface area contributed by atoms with E-state index < -0.39 is 11.9 Å². The first-order valence-corrected chi connectivity index (χ1v) is 3.24. The molecule has 1 aliphatic rings. The number of carbonyl (C=O) groups is 1. The van der Waals surface area contributed by atoms with E-state index in [-0.39, 0.29) is 0 Å². The Labute approximate surface area is 64.4 Å². The number of hydrogen-bond acceptors (Lipinski definition) is 4. The summed E-state index contributed by atoms with van der Waals surface area (Å²) in [7, 11) is 0. The molecular formula is C7H10O4. The van der Waals surface area contributed by atoms with Crippen LogP contribution >= 0.6 is 0 Å². The Kier molecular flexibility index (Phi) is 1.64. The van der Waals surface area contributed by atoms with E-state index in [0.29, 0.717) is 11.3 Å². The van der Waals surface area contributed by atoms with Gasteiger partial charge in [-0.25, -0.2) is 4.79 Å². The van der Waals surface area contributed by atoms with Gasteiger partial charge in [0.25, 0.3) is 0 Å². The van der Waals surface area contributed by atoms with Crippen molar-refractivity contribution in [1.29, 1.82) is 0 Å². The summed E-state index contributed by atoms with van der Waals surface area (Å²) >= 11 is 0. The van der Waals surface area contributed by atoms with Gasteiger partial charge < -0.3 is 14.6 Å². The molecule has 0 radical (unpaired) electrons. The van der Waals surface area contributed by atoms with Gasteiger partial charge in [0.15, 0.2) is 0 Å². The lowest BCUT2D eigenvalue weighted by molar-refractivity contribution is -0.320.